The Morgan fingerprint density at radius 1 is 1.20 bits per heavy atom. The molecule has 0 spiro atoms. The predicted molar refractivity (Wildman–Crippen MR) is 107 cm³/mol. The standard InChI is InChI=1S/C21H20ClF3N2O3/c1-12-8-13(2)19(14(3)9-12)30-11-18(28)27-20(29,21(23,24)25)10-17(26-27)15-4-6-16(22)7-5-15/h4-9,29H,10-11H2,1-3H3. The fourth-order valence-electron chi connectivity index (χ4n) is 3.42. The van der Waals surface area contributed by atoms with Crippen molar-refractivity contribution in [3.05, 3.63) is 63.7 Å². The van der Waals surface area contributed by atoms with E-state index in [1.807, 2.05) is 19.1 Å². The van der Waals surface area contributed by atoms with Crippen LogP contribution in [-0.2, 0) is 4.79 Å². The molecule has 5 nitrogen and oxygen atoms in total. The van der Waals surface area contributed by atoms with Crippen molar-refractivity contribution in [2.45, 2.75) is 39.1 Å². The largest absolute Gasteiger partial charge is 0.483 e. The lowest BCUT2D eigenvalue weighted by Crippen LogP contribution is -2.57. The Hall–Kier alpha value is -2.58. The summed E-state index contributed by atoms with van der Waals surface area (Å²) in [4.78, 5) is 12.6. The number of alkyl halides is 3. The highest BCUT2D eigenvalue weighted by molar-refractivity contribution is 6.30. The topological polar surface area (TPSA) is 62.1 Å². The van der Waals surface area contributed by atoms with Gasteiger partial charge in [-0.15, -0.1) is 0 Å². The van der Waals surface area contributed by atoms with E-state index in [4.69, 9.17) is 16.3 Å². The summed E-state index contributed by atoms with van der Waals surface area (Å²) in [7, 11) is 0. The van der Waals surface area contributed by atoms with E-state index in [1.54, 1.807) is 13.8 Å². The summed E-state index contributed by atoms with van der Waals surface area (Å²) in [5.41, 5.74) is -0.728. The normalized spacial score (nSPS) is 19.1. The number of aliphatic hydroxyl groups is 1. The van der Waals surface area contributed by atoms with E-state index < -0.39 is 30.8 Å². The van der Waals surface area contributed by atoms with Crippen LogP contribution in [0.1, 0.15) is 28.7 Å². The third-order valence-corrected chi connectivity index (χ3v) is 5.05. The van der Waals surface area contributed by atoms with Gasteiger partial charge in [-0.1, -0.05) is 41.4 Å². The summed E-state index contributed by atoms with van der Waals surface area (Å²) in [6, 6.07) is 9.60. The molecule has 0 saturated heterocycles. The van der Waals surface area contributed by atoms with Crippen molar-refractivity contribution in [3.8, 4) is 5.75 Å². The molecule has 1 N–H and O–H groups in total. The van der Waals surface area contributed by atoms with Crippen molar-refractivity contribution in [1.82, 2.24) is 5.01 Å². The van der Waals surface area contributed by atoms with E-state index in [2.05, 4.69) is 5.10 Å². The van der Waals surface area contributed by atoms with E-state index in [9.17, 15) is 23.1 Å². The molecule has 1 aliphatic heterocycles. The molecule has 0 fully saturated rings. The van der Waals surface area contributed by atoms with Gasteiger partial charge in [0.25, 0.3) is 11.6 Å². The number of rotatable bonds is 4. The third kappa shape index (κ3) is 4.15. The zero-order chi connectivity index (χ0) is 22.3. The van der Waals surface area contributed by atoms with E-state index in [0.717, 1.165) is 16.7 Å². The molecule has 0 bridgehead atoms. The molecule has 2 aromatic carbocycles. The minimum Gasteiger partial charge on any atom is -0.483 e. The van der Waals surface area contributed by atoms with Crippen LogP contribution in [0, 0.1) is 20.8 Å². The number of hydrogen-bond donors (Lipinski definition) is 1. The first-order valence-electron chi connectivity index (χ1n) is 9.08. The maximum absolute atomic E-state index is 13.7. The second kappa shape index (κ2) is 7.92. The van der Waals surface area contributed by atoms with Crippen molar-refractivity contribution < 1.29 is 27.8 Å². The zero-order valence-corrected chi connectivity index (χ0v) is 17.3. The van der Waals surface area contributed by atoms with Crippen molar-refractivity contribution in [2.75, 3.05) is 6.61 Å². The Morgan fingerprint density at radius 3 is 2.30 bits per heavy atom. The van der Waals surface area contributed by atoms with Crippen LogP contribution in [0.4, 0.5) is 13.2 Å². The summed E-state index contributed by atoms with van der Waals surface area (Å²) in [5.74, 6) is -0.705. The van der Waals surface area contributed by atoms with Crippen LogP contribution in [0.5, 0.6) is 5.75 Å². The Bertz CT molecular complexity index is 983. The first-order chi connectivity index (χ1) is 13.9. The molecular weight excluding hydrogens is 421 g/mol. The first-order valence-corrected chi connectivity index (χ1v) is 9.46. The Labute approximate surface area is 176 Å². The summed E-state index contributed by atoms with van der Waals surface area (Å²) in [6.45, 7) is 4.74. The van der Waals surface area contributed by atoms with E-state index >= 15 is 0 Å². The van der Waals surface area contributed by atoms with Gasteiger partial charge in [0.15, 0.2) is 6.61 Å². The number of hydrazone groups is 1. The highest BCUT2D eigenvalue weighted by Crippen LogP contribution is 2.41. The Morgan fingerprint density at radius 2 is 1.77 bits per heavy atom. The van der Waals surface area contributed by atoms with Crippen LogP contribution in [0.2, 0.25) is 5.02 Å². The second-order valence-electron chi connectivity index (χ2n) is 7.27. The molecule has 160 valence electrons. The molecule has 1 atom stereocenters. The molecule has 0 radical (unpaired) electrons. The minimum absolute atomic E-state index is 0.0653. The van der Waals surface area contributed by atoms with E-state index in [1.165, 1.54) is 24.3 Å². The van der Waals surface area contributed by atoms with Crippen molar-refractivity contribution in [3.63, 3.8) is 0 Å². The van der Waals surface area contributed by atoms with Gasteiger partial charge in [0.2, 0.25) is 0 Å². The lowest BCUT2D eigenvalue weighted by Gasteiger charge is -2.32. The van der Waals surface area contributed by atoms with Gasteiger partial charge in [0.05, 0.1) is 12.1 Å². The van der Waals surface area contributed by atoms with Crippen LogP contribution in [0.25, 0.3) is 0 Å². The highest BCUT2D eigenvalue weighted by atomic mass is 35.5. The molecule has 1 amide bonds. The molecule has 1 heterocycles. The summed E-state index contributed by atoms with van der Waals surface area (Å²) in [5, 5.41) is 14.6. The minimum atomic E-state index is -5.12. The average Bonchev–Trinajstić information content (AvgIpc) is 3.00. The van der Waals surface area contributed by atoms with Gasteiger partial charge >= 0.3 is 6.18 Å². The van der Waals surface area contributed by atoms with E-state index in [-0.39, 0.29) is 10.7 Å². The lowest BCUT2D eigenvalue weighted by atomic mass is 10.0. The number of hydrogen-bond acceptors (Lipinski definition) is 4. The molecule has 1 unspecified atom stereocenters. The van der Waals surface area contributed by atoms with Crippen LogP contribution in [-0.4, -0.2) is 40.2 Å². The van der Waals surface area contributed by atoms with Gasteiger partial charge in [-0.2, -0.15) is 23.3 Å². The van der Waals surface area contributed by atoms with Crippen LogP contribution in [0.3, 0.4) is 0 Å². The summed E-state index contributed by atoms with van der Waals surface area (Å²) < 4.78 is 46.5. The highest BCUT2D eigenvalue weighted by Gasteiger charge is 2.63. The summed E-state index contributed by atoms with van der Waals surface area (Å²) in [6.07, 6.45) is -6.01. The number of carbonyl (C=O) groups is 1. The molecule has 2 aromatic rings. The first kappa shape index (κ1) is 22.1. The van der Waals surface area contributed by atoms with Gasteiger partial charge in [-0.3, -0.25) is 4.79 Å². The molecule has 9 heteroatoms. The molecule has 3 rings (SSSR count). The molecule has 1 aliphatic rings. The number of benzene rings is 2. The number of ether oxygens (including phenoxy) is 1. The van der Waals surface area contributed by atoms with Gasteiger partial charge in [0.1, 0.15) is 5.75 Å². The number of carbonyl (C=O) groups excluding carboxylic acids is 1. The zero-order valence-electron chi connectivity index (χ0n) is 16.5. The van der Waals surface area contributed by atoms with Gasteiger partial charge in [-0.05, 0) is 49.6 Å². The van der Waals surface area contributed by atoms with Crippen molar-refractivity contribution in [1.29, 1.82) is 0 Å². The third-order valence-electron chi connectivity index (χ3n) is 4.80. The van der Waals surface area contributed by atoms with Gasteiger partial charge in [0, 0.05) is 5.02 Å². The summed E-state index contributed by atoms with van der Waals surface area (Å²) >= 11 is 5.81. The molecule has 0 aliphatic carbocycles. The number of amides is 1. The van der Waals surface area contributed by atoms with Crippen molar-refractivity contribution in [2.24, 2.45) is 5.10 Å². The van der Waals surface area contributed by atoms with Crippen LogP contribution >= 0.6 is 11.6 Å². The quantitative estimate of drug-likeness (QED) is 0.759. The maximum atomic E-state index is 13.7. The fourth-order valence-corrected chi connectivity index (χ4v) is 3.55. The number of aryl methyl sites for hydroxylation is 3. The molecule has 0 saturated carbocycles. The Kier molecular flexibility index (Phi) is 5.84. The number of nitrogens with zero attached hydrogens (tertiary/aromatic N) is 2. The maximum Gasteiger partial charge on any atom is 0.438 e. The van der Waals surface area contributed by atoms with Crippen LogP contribution in [0.15, 0.2) is 41.5 Å². The smallest absolute Gasteiger partial charge is 0.438 e. The van der Waals surface area contributed by atoms with E-state index in [0.29, 0.717) is 16.3 Å². The number of halogens is 4. The lowest BCUT2D eigenvalue weighted by molar-refractivity contribution is -0.302. The fraction of sp³-hybridized carbons (Fsp3) is 0.333. The monoisotopic (exact) mass is 440 g/mol. The average molecular weight is 441 g/mol. The predicted octanol–water partition coefficient (Wildman–Crippen LogP) is 4.53. The second-order valence-corrected chi connectivity index (χ2v) is 7.70. The Balaban J connectivity index is 1.88. The molecular formula is C21H20ClF3N2O3. The van der Waals surface area contributed by atoms with Gasteiger partial charge < -0.3 is 9.84 Å². The molecule has 0 aromatic heterocycles. The SMILES string of the molecule is Cc1cc(C)c(OCC(=O)N2N=C(c3ccc(Cl)cc3)CC2(O)C(F)(F)F)c(C)c1. The van der Waals surface area contributed by atoms with Crippen LogP contribution < -0.4 is 4.74 Å². The van der Waals surface area contributed by atoms with Gasteiger partial charge in [-0.25, -0.2) is 0 Å². The molecule has 30 heavy (non-hydrogen) atoms. The van der Waals surface area contributed by atoms with Crippen molar-refractivity contribution >= 4 is 23.2 Å².